The summed E-state index contributed by atoms with van der Waals surface area (Å²) in [6, 6.07) is 9.66. The largest absolute Gasteiger partial charge is 0.497 e. The van der Waals surface area contributed by atoms with Crippen LogP contribution in [0.25, 0.3) is 16.9 Å². The van der Waals surface area contributed by atoms with E-state index >= 15 is 0 Å². The van der Waals surface area contributed by atoms with Crippen LogP contribution in [0.5, 0.6) is 11.5 Å². The van der Waals surface area contributed by atoms with Gasteiger partial charge in [-0.1, -0.05) is 6.07 Å². The summed E-state index contributed by atoms with van der Waals surface area (Å²) in [7, 11) is 2.91. The first-order chi connectivity index (χ1) is 20.5. The SMILES string of the molecule is COc1ccc(-c2nc3c(C(=O)N4CCN(C(CO)c5ccc(F)cc5OC)C[C@H]4C)cnn3c(C(F)(F)F)c2C)cc1. The molecule has 0 spiro atoms. The molecule has 1 aliphatic heterocycles. The number of methoxy groups -OCH3 is 2. The van der Waals surface area contributed by atoms with Gasteiger partial charge >= 0.3 is 6.18 Å². The van der Waals surface area contributed by atoms with E-state index in [0.29, 0.717) is 40.2 Å². The number of hydrogen-bond acceptors (Lipinski definition) is 7. The van der Waals surface area contributed by atoms with Crippen molar-refractivity contribution >= 4 is 11.6 Å². The summed E-state index contributed by atoms with van der Waals surface area (Å²) in [5.74, 6) is -0.145. The van der Waals surface area contributed by atoms with Gasteiger partial charge < -0.3 is 19.5 Å². The van der Waals surface area contributed by atoms with Gasteiger partial charge in [0.2, 0.25) is 0 Å². The van der Waals surface area contributed by atoms with Crippen LogP contribution < -0.4 is 9.47 Å². The molecule has 1 N–H and O–H groups in total. The third-order valence-electron chi connectivity index (χ3n) is 7.83. The highest BCUT2D eigenvalue weighted by atomic mass is 19.4. The normalized spacial score (nSPS) is 16.9. The number of aliphatic hydroxyl groups excluding tert-OH is 1. The van der Waals surface area contributed by atoms with Crippen LogP contribution in [0.3, 0.4) is 0 Å². The number of amides is 1. The molecule has 4 aromatic rings. The Hall–Kier alpha value is -4.23. The summed E-state index contributed by atoms with van der Waals surface area (Å²) in [4.78, 5) is 21.9. The topological polar surface area (TPSA) is 92.4 Å². The number of piperazine rings is 1. The van der Waals surface area contributed by atoms with Gasteiger partial charge in [-0.05, 0) is 44.2 Å². The van der Waals surface area contributed by atoms with E-state index in [1.165, 1.54) is 33.3 Å². The number of aromatic nitrogens is 3. The van der Waals surface area contributed by atoms with Gasteiger partial charge in [0.05, 0.1) is 38.8 Å². The number of benzene rings is 2. The molecule has 1 fully saturated rings. The summed E-state index contributed by atoms with van der Waals surface area (Å²) < 4.78 is 67.9. The smallest absolute Gasteiger partial charge is 0.433 e. The molecule has 2 aromatic carbocycles. The molecule has 0 radical (unpaired) electrons. The van der Waals surface area contributed by atoms with Crippen molar-refractivity contribution in [2.24, 2.45) is 0 Å². The van der Waals surface area contributed by atoms with Gasteiger partial charge in [-0.15, -0.1) is 0 Å². The molecule has 5 rings (SSSR count). The fourth-order valence-corrected chi connectivity index (χ4v) is 5.68. The zero-order valence-corrected chi connectivity index (χ0v) is 24.0. The minimum atomic E-state index is -4.77. The molecule has 9 nitrogen and oxygen atoms in total. The second kappa shape index (κ2) is 11.8. The van der Waals surface area contributed by atoms with E-state index in [-0.39, 0.29) is 41.7 Å². The molecule has 0 saturated carbocycles. The summed E-state index contributed by atoms with van der Waals surface area (Å²) in [6.45, 7) is 3.78. The second-order valence-electron chi connectivity index (χ2n) is 10.4. The maximum atomic E-state index is 14.3. The fourth-order valence-electron chi connectivity index (χ4n) is 5.68. The highest BCUT2D eigenvalue weighted by Crippen LogP contribution is 2.37. The average Bonchev–Trinajstić information content (AvgIpc) is 3.40. The van der Waals surface area contributed by atoms with Crippen LogP contribution in [-0.2, 0) is 6.18 Å². The van der Waals surface area contributed by atoms with E-state index in [2.05, 4.69) is 10.1 Å². The van der Waals surface area contributed by atoms with Crippen LogP contribution in [0, 0.1) is 12.7 Å². The predicted octanol–water partition coefficient (Wildman–Crippen LogP) is 4.76. The Labute approximate surface area is 245 Å². The van der Waals surface area contributed by atoms with Crippen LogP contribution in [0.2, 0.25) is 0 Å². The Balaban J connectivity index is 1.48. The molecule has 1 amide bonds. The van der Waals surface area contributed by atoms with E-state index in [0.717, 1.165) is 6.20 Å². The van der Waals surface area contributed by atoms with Crippen LogP contribution in [-0.4, -0.2) is 81.9 Å². The molecule has 228 valence electrons. The third-order valence-corrected chi connectivity index (χ3v) is 7.83. The van der Waals surface area contributed by atoms with Crippen molar-refractivity contribution in [1.29, 1.82) is 0 Å². The van der Waals surface area contributed by atoms with Crippen molar-refractivity contribution in [2.45, 2.75) is 32.1 Å². The molecule has 1 unspecified atom stereocenters. The van der Waals surface area contributed by atoms with Crippen molar-refractivity contribution in [3.05, 3.63) is 76.9 Å². The van der Waals surface area contributed by atoms with Crippen LogP contribution in [0.1, 0.15) is 40.1 Å². The number of nitrogens with zero attached hydrogens (tertiary/aromatic N) is 5. The second-order valence-corrected chi connectivity index (χ2v) is 10.4. The summed E-state index contributed by atoms with van der Waals surface area (Å²) >= 11 is 0. The Kier molecular flexibility index (Phi) is 8.30. The van der Waals surface area contributed by atoms with Crippen LogP contribution in [0.15, 0.2) is 48.7 Å². The summed E-state index contributed by atoms with van der Waals surface area (Å²) in [5, 5.41) is 14.2. The number of hydrogen-bond donors (Lipinski definition) is 1. The number of fused-ring (bicyclic) bond motifs is 1. The quantitative estimate of drug-likeness (QED) is 0.306. The fraction of sp³-hybridized carbons (Fsp3) is 0.367. The van der Waals surface area contributed by atoms with E-state index in [1.54, 1.807) is 35.2 Å². The number of aliphatic hydroxyl groups is 1. The molecule has 13 heteroatoms. The lowest BCUT2D eigenvalue weighted by Crippen LogP contribution is -2.55. The maximum Gasteiger partial charge on any atom is 0.433 e. The molecule has 2 atom stereocenters. The van der Waals surface area contributed by atoms with Gasteiger partial charge in [0, 0.05) is 48.4 Å². The lowest BCUT2D eigenvalue weighted by molar-refractivity contribution is -0.143. The molecule has 3 heterocycles. The molecule has 2 aromatic heterocycles. The molecule has 43 heavy (non-hydrogen) atoms. The first-order valence-electron chi connectivity index (χ1n) is 13.6. The Morgan fingerprint density at radius 2 is 1.84 bits per heavy atom. The molecular formula is C30H31F4N5O4. The van der Waals surface area contributed by atoms with Crippen LogP contribution in [0.4, 0.5) is 17.6 Å². The predicted molar refractivity (Wildman–Crippen MR) is 150 cm³/mol. The van der Waals surface area contributed by atoms with Gasteiger partial charge in [0.15, 0.2) is 11.3 Å². The van der Waals surface area contributed by atoms with E-state index in [9.17, 15) is 27.5 Å². The van der Waals surface area contributed by atoms with Crippen molar-refractivity contribution in [3.8, 4) is 22.8 Å². The van der Waals surface area contributed by atoms with Crippen molar-refractivity contribution in [2.75, 3.05) is 40.5 Å². The lowest BCUT2D eigenvalue weighted by atomic mass is 10.0. The van der Waals surface area contributed by atoms with Crippen molar-refractivity contribution in [3.63, 3.8) is 0 Å². The minimum Gasteiger partial charge on any atom is -0.497 e. The average molecular weight is 602 g/mol. The van der Waals surface area contributed by atoms with E-state index in [4.69, 9.17) is 9.47 Å². The van der Waals surface area contributed by atoms with Crippen molar-refractivity contribution < 1.29 is 36.9 Å². The van der Waals surface area contributed by atoms with Crippen molar-refractivity contribution in [1.82, 2.24) is 24.4 Å². The maximum absolute atomic E-state index is 14.3. The van der Waals surface area contributed by atoms with E-state index in [1.807, 2.05) is 11.8 Å². The summed E-state index contributed by atoms with van der Waals surface area (Å²) in [6.07, 6.45) is -3.64. The number of rotatable bonds is 7. The van der Waals surface area contributed by atoms with Gasteiger partial charge in [-0.3, -0.25) is 9.69 Å². The lowest BCUT2D eigenvalue weighted by Gasteiger charge is -2.43. The van der Waals surface area contributed by atoms with Gasteiger partial charge in [0.1, 0.15) is 22.9 Å². The first kappa shape index (κ1) is 30.2. The van der Waals surface area contributed by atoms with Gasteiger partial charge in [0.25, 0.3) is 5.91 Å². The molecule has 1 aliphatic rings. The highest BCUT2D eigenvalue weighted by Gasteiger charge is 2.40. The Morgan fingerprint density at radius 1 is 1.12 bits per heavy atom. The van der Waals surface area contributed by atoms with Gasteiger partial charge in [-0.2, -0.15) is 18.3 Å². The number of ether oxygens (including phenoxy) is 2. The Bertz CT molecular complexity index is 1640. The molecule has 0 bridgehead atoms. The molecule has 0 aliphatic carbocycles. The first-order valence-corrected chi connectivity index (χ1v) is 13.6. The van der Waals surface area contributed by atoms with Gasteiger partial charge in [-0.25, -0.2) is 13.9 Å². The van der Waals surface area contributed by atoms with E-state index < -0.39 is 29.6 Å². The molecular weight excluding hydrogens is 570 g/mol. The number of carbonyl (C=O) groups is 1. The number of carbonyl (C=O) groups excluding carboxylic acids is 1. The zero-order chi connectivity index (χ0) is 31.1. The number of alkyl halides is 3. The van der Waals surface area contributed by atoms with Crippen LogP contribution >= 0.6 is 0 Å². The standard InChI is InChI=1S/C30H31F4N5O4/c1-17-15-37(24(16-40)22-10-7-20(31)13-25(22)43-4)11-12-38(17)29(41)23-14-35-39-27(30(32,33)34)18(2)26(36-28(23)39)19-5-8-21(42-3)9-6-19/h5-10,13-14,17,24,40H,11-12,15-16H2,1-4H3/t17-,24?/m1/s1. The highest BCUT2D eigenvalue weighted by molar-refractivity contribution is 6.00. The summed E-state index contributed by atoms with van der Waals surface area (Å²) in [5.41, 5.74) is -0.286. The number of halogens is 4. The Morgan fingerprint density at radius 3 is 2.44 bits per heavy atom. The minimum absolute atomic E-state index is 0.0560. The molecule has 1 saturated heterocycles. The monoisotopic (exact) mass is 601 g/mol. The zero-order valence-electron chi connectivity index (χ0n) is 24.0. The third kappa shape index (κ3) is 5.62.